The smallest absolute Gasteiger partial charge is 0.148 e. The van der Waals surface area contributed by atoms with E-state index >= 15 is 0 Å². The van der Waals surface area contributed by atoms with Gasteiger partial charge in [0, 0.05) is 6.54 Å². The second kappa shape index (κ2) is 5.05. The fourth-order valence-electron chi connectivity index (χ4n) is 1.55. The molecule has 2 rings (SSSR count). The van der Waals surface area contributed by atoms with E-state index in [4.69, 9.17) is 0 Å². The summed E-state index contributed by atoms with van der Waals surface area (Å²) in [5, 5.41) is 11.1. The number of rotatable bonds is 4. The molecule has 1 aromatic carbocycles. The van der Waals surface area contributed by atoms with Crippen molar-refractivity contribution in [1.82, 2.24) is 20.3 Å². The van der Waals surface area contributed by atoms with Crippen molar-refractivity contribution in [2.24, 2.45) is 0 Å². The summed E-state index contributed by atoms with van der Waals surface area (Å²) in [6.07, 6.45) is 1.74. The molecule has 2 aromatic rings. The summed E-state index contributed by atoms with van der Waals surface area (Å²) in [5.41, 5.74) is 2.22. The summed E-state index contributed by atoms with van der Waals surface area (Å²) in [6.45, 7) is 5.44. The van der Waals surface area contributed by atoms with Gasteiger partial charge in [-0.15, -0.1) is 5.10 Å². The average molecular weight is 234 g/mol. The van der Waals surface area contributed by atoms with E-state index in [0.717, 1.165) is 17.8 Å². The summed E-state index contributed by atoms with van der Waals surface area (Å²) in [6, 6.07) is 4.92. The van der Waals surface area contributed by atoms with E-state index in [1.807, 2.05) is 13.8 Å². The Bertz CT molecular complexity index is 507. The van der Waals surface area contributed by atoms with Gasteiger partial charge in [-0.2, -0.15) is 0 Å². The lowest BCUT2D eigenvalue weighted by atomic mass is 10.2. The first-order chi connectivity index (χ1) is 8.20. The molecular formula is C12H15FN4. The molecule has 1 heterocycles. The number of benzene rings is 1. The van der Waals surface area contributed by atoms with Crippen LogP contribution < -0.4 is 5.32 Å². The van der Waals surface area contributed by atoms with Gasteiger partial charge in [-0.1, -0.05) is 18.2 Å². The average Bonchev–Trinajstić information content (AvgIpc) is 2.78. The zero-order valence-electron chi connectivity index (χ0n) is 9.94. The number of nitrogens with zero attached hydrogens (tertiary/aromatic N) is 3. The number of halogens is 1. The van der Waals surface area contributed by atoms with Crippen LogP contribution in [0, 0.1) is 12.7 Å². The van der Waals surface area contributed by atoms with Crippen LogP contribution >= 0.6 is 0 Å². The Balaban J connectivity index is 2.27. The second-order valence-corrected chi connectivity index (χ2v) is 3.89. The Morgan fingerprint density at radius 1 is 1.41 bits per heavy atom. The zero-order chi connectivity index (χ0) is 12.3. The third-order valence-electron chi connectivity index (χ3n) is 2.45. The fourth-order valence-corrected chi connectivity index (χ4v) is 1.55. The van der Waals surface area contributed by atoms with Crippen molar-refractivity contribution in [3.05, 3.63) is 41.5 Å². The van der Waals surface area contributed by atoms with Crippen molar-refractivity contribution in [2.45, 2.75) is 20.4 Å². The van der Waals surface area contributed by atoms with Crippen molar-refractivity contribution in [1.29, 1.82) is 0 Å². The molecule has 0 radical (unpaired) electrons. The summed E-state index contributed by atoms with van der Waals surface area (Å²) in [7, 11) is 0. The van der Waals surface area contributed by atoms with Gasteiger partial charge in [0.1, 0.15) is 11.5 Å². The van der Waals surface area contributed by atoms with Crippen LogP contribution in [0.1, 0.15) is 18.2 Å². The van der Waals surface area contributed by atoms with Gasteiger partial charge >= 0.3 is 0 Å². The number of aryl methyl sites for hydroxylation is 1. The first-order valence-corrected chi connectivity index (χ1v) is 5.59. The van der Waals surface area contributed by atoms with Gasteiger partial charge in [-0.25, -0.2) is 9.07 Å². The van der Waals surface area contributed by atoms with Gasteiger partial charge in [0.25, 0.3) is 0 Å². The predicted octanol–water partition coefficient (Wildman–Crippen LogP) is 1.82. The number of aromatic nitrogens is 3. The molecule has 1 aromatic heterocycles. The Labute approximate surface area is 99.5 Å². The van der Waals surface area contributed by atoms with E-state index in [0.29, 0.717) is 12.2 Å². The summed E-state index contributed by atoms with van der Waals surface area (Å²) < 4.78 is 15.1. The summed E-state index contributed by atoms with van der Waals surface area (Å²) in [5.74, 6) is -0.296. The molecular weight excluding hydrogens is 219 g/mol. The molecule has 0 spiro atoms. The van der Waals surface area contributed by atoms with E-state index in [1.165, 1.54) is 10.7 Å². The SMILES string of the molecule is CCNCc1cn(-c2cc(C)ccc2F)nn1. The van der Waals surface area contributed by atoms with Crippen molar-refractivity contribution < 1.29 is 4.39 Å². The van der Waals surface area contributed by atoms with Gasteiger partial charge in [-0.3, -0.25) is 0 Å². The molecule has 0 aliphatic rings. The number of hydrogen-bond donors (Lipinski definition) is 1. The van der Waals surface area contributed by atoms with Gasteiger partial charge in [-0.05, 0) is 31.2 Å². The normalized spacial score (nSPS) is 10.8. The van der Waals surface area contributed by atoms with E-state index in [-0.39, 0.29) is 5.82 Å². The maximum absolute atomic E-state index is 13.6. The van der Waals surface area contributed by atoms with E-state index in [9.17, 15) is 4.39 Å². The van der Waals surface area contributed by atoms with Crippen LogP contribution in [0.5, 0.6) is 0 Å². The van der Waals surface area contributed by atoms with Crippen LogP contribution in [0.3, 0.4) is 0 Å². The minimum Gasteiger partial charge on any atom is -0.311 e. The summed E-state index contributed by atoms with van der Waals surface area (Å²) >= 11 is 0. The lowest BCUT2D eigenvalue weighted by Gasteiger charge is -2.02. The van der Waals surface area contributed by atoms with Crippen molar-refractivity contribution in [3.63, 3.8) is 0 Å². The molecule has 5 heteroatoms. The third-order valence-corrected chi connectivity index (χ3v) is 2.45. The molecule has 0 aliphatic carbocycles. The Kier molecular flexibility index (Phi) is 3.49. The van der Waals surface area contributed by atoms with E-state index in [1.54, 1.807) is 18.3 Å². The first kappa shape index (κ1) is 11.7. The minimum absolute atomic E-state index is 0.296. The standard InChI is InChI=1S/C12H15FN4/c1-3-14-7-10-8-17(16-15-10)12-6-9(2)4-5-11(12)13/h4-6,8,14H,3,7H2,1-2H3. The van der Waals surface area contributed by atoms with E-state index < -0.39 is 0 Å². The monoisotopic (exact) mass is 234 g/mol. The fraction of sp³-hybridized carbons (Fsp3) is 0.333. The molecule has 1 N–H and O–H groups in total. The molecule has 0 atom stereocenters. The highest BCUT2D eigenvalue weighted by Gasteiger charge is 2.07. The molecule has 0 saturated heterocycles. The van der Waals surface area contributed by atoms with Crippen LogP contribution in [0.15, 0.2) is 24.4 Å². The van der Waals surface area contributed by atoms with Crippen molar-refractivity contribution in [3.8, 4) is 5.69 Å². The summed E-state index contributed by atoms with van der Waals surface area (Å²) in [4.78, 5) is 0. The van der Waals surface area contributed by atoms with E-state index in [2.05, 4.69) is 15.6 Å². The number of nitrogens with one attached hydrogen (secondary N) is 1. The quantitative estimate of drug-likeness (QED) is 0.877. The maximum atomic E-state index is 13.6. The molecule has 90 valence electrons. The largest absolute Gasteiger partial charge is 0.311 e. The highest BCUT2D eigenvalue weighted by molar-refractivity contribution is 5.36. The molecule has 4 nitrogen and oxygen atoms in total. The molecule has 0 aliphatic heterocycles. The van der Waals surface area contributed by atoms with Crippen LogP contribution in [-0.2, 0) is 6.54 Å². The molecule has 0 unspecified atom stereocenters. The second-order valence-electron chi connectivity index (χ2n) is 3.89. The Morgan fingerprint density at radius 3 is 3.00 bits per heavy atom. The molecule has 17 heavy (non-hydrogen) atoms. The van der Waals surface area contributed by atoms with Gasteiger partial charge in [0.15, 0.2) is 0 Å². The number of hydrogen-bond acceptors (Lipinski definition) is 3. The van der Waals surface area contributed by atoms with Gasteiger partial charge < -0.3 is 5.32 Å². The molecule has 0 bridgehead atoms. The van der Waals surface area contributed by atoms with Crippen molar-refractivity contribution >= 4 is 0 Å². The Morgan fingerprint density at radius 2 is 2.24 bits per heavy atom. The maximum Gasteiger partial charge on any atom is 0.148 e. The molecule has 0 fully saturated rings. The third kappa shape index (κ3) is 2.68. The van der Waals surface area contributed by atoms with Crippen LogP contribution in [0.4, 0.5) is 4.39 Å². The van der Waals surface area contributed by atoms with Crippen molar-refractivity contribution in [2.75, 3.05) is 6.54 Å². The molecule has 0 amide bonds. The van der Waals surface area contributed by atoms with Crippen LogP contribution in [-0.4, -0.2) is 21.5 Å². The Hall–Kier alpha value is -1.75. The zero-order valence-corrected chi connectivity index (χ0v) is 9.94. The highest BCUT2D eigenvalue weighted by Crippen LogP contribution is 2.14. The predicted molar refractivity (Wildman–Crippen MR) is 63.4 cm³/mol. The highest BCUT2D eigenvalue weighted by atomic mass is 19.1. The first-order valence-electron chi connectivity index (χ1n) is 5.59. The molecule has 0 saturated carbocycles. The van der Waals surface area contributed by atoms with Crippen LogP contribution in [0.25, 0.3) is 5.69 Å². The minimum atomic E-state index is -0.296. The lowest BCUT2D eigenvalue weighted by Crippen LogP contribution is -2.11. The van der Waals surface area contributed by atoms with Gasteiger partial charge in [0.2, 0.25) is 0 Å². The topological polar surface area (TPSA) is 42.7 Å². The van der Waals surface area contributed by atoms with Gasteiger partial charge in [0.05, 0.1) is 11.9 Å². The van der Waals surface area contributed by atoms with Crippen LogP contribution in [0.2, 0.25) is 0 Å². The lowest BCUT2D eigenvalue weighted by molar-refractivity contribution is 0.606.